The van der Waals surface area contributed by atoms with Gasteiger partial charge in [0.25, 0.3) is 5.72 Å². The van der Waals surface area contributed by atoms with Gasteiger partial charge in [0.2, 0.25) is 0 Å². The molecule has 0 amide bonds. The highest BCUT2D eigenvalue weighted by atomic mass is 19.1. The van der Waals surface area contributed by atoms with Crippen LogP contribution in [-0.2, 0) is 10.6 Å². The molecule has 0 bridgehead atoms. The van der Waals surface area contributed by atoms with E-state index in [4.69, 9.17) is 9.57 Å². The van der Waals surface area contributed by atoms with Gasteiger partial charge in [0.05, 0.1) is 24.8 Å². The number of hydrogen-bond acceptors (Lipinski definition) is 7. The van der Waals surface area contributed by atoms with E-state index in [-0.39, 0.29) is 5.82 Å². The van der Waals surface area contributed by atoms with Crippen LogP contribution in [0.5, 0.6) is 5.75 Å². The molecule has 0 saturated carbocycles. The number of halogens is 1. The molecule has 1 N–H and O–H groups in total. The van der Waals surface area contributed by atoms with Gasteiger partial charge in [0.1, 0.15) is 17.3 Å². The SMILES string of the molecule is COc1cc(/C=C2\CCCN3C2=NO[C@]3(/C(C)=N/O)c2ccc(F)cc2)ccc1-n1cnc(C)c1. The monoisotopic (exact) mass is 475 g/mol. The predicted octanol–water partition coefficient (Wildman–Crippen LogP) is 4.85. The lowest BCUT2D eigenvalue weighted by Crippen LogP contribution is -2.53. The Labute approximate surface area is 202 Å². The Bertz CT molecular complexity index is 1350. The molecular formula is C26H26FN5O3. The third kappa shape index (κ3) is 3.82. The van der Waals surface area contributed by atoms with Gasteiger partial charge in [-0.2, -0.15) is 0 Å². The molecular weight excluding hydrogens is 449 g/mol. The fraction of sp³-hybridized carbons (Fsp3) is 0.269. The highest BCUT2D eigenvalue weighted by molar-refractivity contribution is 6.07. The summed E-state index contributed by atoms with van der Waals surface area (Å²) < 4.78 is 21.2. The van der Waals surface area contributed by atoms with Crippen molar-refractivity contribution in [3.8, 4) is 11.4 Å². The van der Waals surface area contributed by atoms with Crippen LogP contribution in [0.15, 0.2) is 70.9 Å². The van der Waals surface area contributed by atoms with Crippen LogP contribution in [0.1, 0.15) is 36.6 Å². The summed E-state index contributed by atoms with van der Waals surface area (Å²) in [4.78, 5) is 12.3. The summed E-state index contributed by atoms with van der Waals surface area (Å²) in [6, 6.07) is 12.0. The van der Waals surface area contributed by atoms with E-state index < -0.39 is 5.72 Å². The number of fused-ring (bicyclic) bond motifs is 1. The van der Waals surface area contributed by atoms with E-state index in [2.05, 4.69) is 21.4 Å². The van der Waals surface area contributed by atoms with Crippen LogP contribution in [0.3, 0.4) is 0 Å². The molecule has 1 atom stereocenters. The average molecular weight is 476 g/mol. The molecule has 3 aromatic rings. The van der Waals surface area contributed by atoms with E-state index in [0.717, 1.165) is 41.1 Å². The zero-order valence-electron chi connectivity index (χ0n) is 19.8. The second-order valence-corrected chi connectivity index (χ2v) is 8.62. The molecule has 0 radical (unpaired) electrons. The fourth-order valence-electron chi connectivity index (χ4n) is 4.70. The highest BCUT2D eigenvalue weighted by Gasteiger charge is 2.52. The Hall–Kier alpha value is -4.14. The largest absolute Gasteiger partial charge is 0.495 e. The second kappa shape index (κ2) is 8.90. The van der Waals surface area contributed by atoms with E-state index in [1.807, 2.05) is 40.8 Å². The number of imidazole rings is 1. The zero-order chi connectivity index (χ0) is 24.6. The molecule has 180 valence electrons. The number of rotatable bonds is 5. The molecule has 0 unspecified atom stereocenters. The number of aryl methyl sites for hydroxylation is 1. The lowest BCUT2D eigenvalue weighted by atomic mass is 9.92. The van der Waals surface area contributed by atoms with Crippen molar-refractivity contribution in [2.45, 2.75) is 32.4 Å². The molecule has 1 aromatic heterocycles. The highest BCUT2D eigenvalue weighted by Crippen LogP contribution is 2.41. The van der Waals surface area contributed by atoms with Crippen molar-refractivity contribution in [2.75, 3.05) is 13.7 Å². The molecule has 1 saturated heterocycles. The molecule has 2 aliphatic rings. The van der Waals surface area contributed by atoms with Crippen LogP contribution in [0.2, 0.25) is 0 Å². The predicted molar refractivity (Wildman–Crippen MR) is 130 cm³/mol. The number of methoxy groups -OCH3 is 1. The minimum atomic E-state index is -1.24. The van der Waals surface area contributed by atoms with Crippen molar-refractivity contribution in [1.82, 2.24) is 14.5 Å². The number of nitrogens with zero attached hydrogens (tertiary/aromatic N) is 5. The van der Waals surface area contributed by atoms with Crippen molar-refractivity contribution in [3.63, 3.8) is 0 Å². The van der Waals surface area contributed by atoms with Crippen LogP contribution >= 0.6 is 0 Å². The molecule has 1 fully saturated rings. The normalized spacial score (nSPS) is 21.0. The number of amidine groups is 1. The average Bonchev–Trinajstić information content (AvgIpc) is 3.49. The molecule has 0 spiro atoms. The third-order valence-corrected chi connectivity index (χ3v) is 6.43. The summed E-state index contributed by atoms with van der Waals surface area (Å²) in [7, 11) is 1.64. The number of ether oxygens (including phenoxy) is 1. The van der Waals surface area contributed by atoms with Gasteiger partial charge in [0.15, 0.2) is 5.84 Å². The molecule has 0 aliphatic carbocycles. The molecule has 8 nitrogen and oxygen atoms in total. The zero-order valence-corrected chi connectivity index (χ0v) is 19.8. The first-order chi connectivity index (χ1) is 17.0. The van der Waals surface area contributed by atoms with Gasteiger partial charge in [-0.15, -0.1) is 0 Å². The van der Waals surface area contributed by atoms with E-state index in [1.165, 1.54) is 12.1 Å². The number of aromatic nitrogens is 2. The lowest BCUT2D eigenvalue weighted by Gasteiger charge is -2.39. The maximum atomic E-state index is 13.6. The van der Waals surface area contributed by atoms with Crippen LogP contribution in [0, 0.1) is 12.7 Å². The molecule has 2 aliphatic heterocycles. The van der Waals surface area contributed by atoms with Crippen molar-refractivity contribution in [3.05, 3.63) is 83.2 Å². The van der Waals surface area contributed by atoms with Crippen molar-refractivity contribution in [1.29, 1.82) is 0 Å². The van der Waals surface area contributed by atoms with Crippen LogP contribution in [-0.4, -0.2) is 44.9 Å². The molecule has 9 heteroatoms. The van der Waals surface area contributed by atoms with Gasteiger partial charge in [0, 0.05) is 18.3 Å². The number of benzene rings is 2. The van der Waals surface area contributed by atoms with Gasteiger partial charge in [-0.3, -0.25) is 0 Å². The van der Waals surface area contributed by atoms with Crippen molar-refractivity contribution >= 4 is 17.6 Å². The van der Waals surface area contributed by atoms with Crippen molar-refractivity contribution in [2.24, 2.45) is 10.3 Å². The molecule has 5 rings (SSSR count). The second-order valence-electron chi connectivity index (χ2n) is 8.62. The topological polar surface area (TPSA) is 84.5 Å². The molecule has 2 aromatic carbocycles. The quantitative estimate of drug-likeness (QED) is 0.324. The minimum Gasteiger partial charge on any atom is -0.495 e. The summed E-state index contributed by atoms with van der Waals surface area (Å²) in [5, 5.41) is 17.5. The lowest BCUT2D eigenvalue weighted by molar-refractivity contribution is -0.0501. The Morgan fingerprint density at radius 2 is 2.06 bits per heavy atom. The number of hydrogen-bond donors (Lipinski definition) is 1. The Balaban J connectivity index is 1.51. The van der Waals surface area contributed by atoms with E-state index >= 15 is 0 Å². The van der Waals surface area contributed by atoms with E-state index in [9.17, 15) is 9.60 Å². The van der Waals surface area contributed by atoms with Gasteiger partial charge >= 0.3 is 0 Å². The first kappa shape index (κ1) is 22.6. The summed E-state index contributed by atoms with van der Waals surface area (Å²) in [5.74, 6) is 1.03. The first-order valence-corrected chi connectivity index (χ1v) is 11.3. The van der Waals surface area contributed by atoms with Crippen LogP contribution < -0.4 is 4.74 Å². The summed E-state index contributed by atoms with van der Waals surface area (Å²) in [5.41, 5.74) is 3.46. The fourth-order valence-corrected chi connectivity index (χ4v) is 4.70. The van der Waals surface area contributed by atoms with Gasteiger partial charge in [-0.25, -0.2) is 9.37 Å². The molecule has 3 heterocycles. The summed E-state index contributed by atoms with van der Waals surface area (Å²) in [6.45, 7) is 4.25. The van der Waals surface area contributed by atoms with Gasteiger partial charge < -0.3 is 24.2 Å². The maximum absolute atomic E-state index is 13.6. The smallest absolute Gasteiger partial charge is 0.279 e. The first-order valence-electron chi connectivity index (χ1n) is 11.3. The third-order valence-electron chi connectivity index (χ3n) is 6.43. The number of oxime groups is 2. The van der Waals surface area contributed by atoms with E-state index in [0.29, 0.717) is 23.7 Å². The van der Waals surface area contributed by atoms with Gasteiger partial charge in [-0.05, 0) is 80.3 Å². The Morgan fingerprint density at radius 3 is 2.74 bits per heavy atom. The number of piperidine rings is 1. The van der Waals surface area contributed by atoms with E-state index in [1.54, 1.807) is 32.5 Å². The van der Waals surface area contributed by atoms with Crippen molar-refractivity contribution < 1.29 is 19.2 Å². The Morgan fingerprint density at radius 1 is 1.26 bits per heavy atom. The van der Waals surface area contributed by atoms with Crippen LogP contribution in [0.4, 0.5) is 4.39 Å². The summed E-state index contributed by atoms with van der Waals surface area (Å²) >= 11 is 0. The maximum Gasteiger partial charge on any atom is 0.279 e. The van der Waals surface area contributed by atoms with Gasteiger partial charge in [-0.1, -0.05) is 16.4 Å². The standard InChI is InChI=1S/C26H26FN5O3/c1-17-15-31(16-28-17)23-11-6-19(14-24(23)34-3)13-20-5-4-12-32-25(20)30-35-26(32,18(2)29-33)21-7-9-22(27)10-8-21/h6-11,13-16,33H,4-5,12H2,1-3H3/b20-13+,29-18+/t26-/m1/s1. The minimum absolute atomic E-state index is 0.311. The Kier molecular flexibility index (Phi) is 5.76. The molecule has 35 heavy (non-hydrogen) atoms. The summed E-state index contributed by atoms with van der Waals surface area (Å²) in [6.07, 6.45) is 7.42. The van der Waals surface area contributed by atoms with Crippen LogP contribution in [0.25, 0.3) is 11.8 Å².